The van der Waals surface area contributed by atoms with Gasteiger partial charge < -0.3 is 0 Å². The molecule has 7 heteroatoms. The highest BCUT2D eigenvalue weighted by molar-refractivity contribution is 7.91. The van der Waals surface area contributed by atoms with E-state index in [9.17, 15) is 13.2 Å². The minimum absolute atomic E-state index is 0.0312. The Kier molecular flexibility index (Phi) is 3.91. The van der Waals surface area contributed by atoms with E-state index in [1.165, 1.54) is 4.68 Å². The van der Waals surface area contributed by atoms with Crippen molar-refractivity contribution < 1.29 is 8.42 Å². The van der Waals surface area contributed by atoms with Crippen LogP contribution < -0.4 is 5.56 Å². The van der Waals surface area contributed by atoms with Crippen LogP contribution >= 0.6 is 11.6 Å². The summed E-state index contributed by atoms with van der Waals surface area (Å²) in [6.07, 6.45) is 0.965. The van der Waals surface area contributed by atoms with Gasteiger partial charge in [0, 0.05) is 22.7 Å². The Hall–Kier alpha value is -1.53. The van der Waals surface area contributed by atoms with Gasteiger partial charge in [-0.1, -0.05) is 23.7 Å². The number of hydrogen-bond donors (Lipinski definition) is 1. The SMILES string of the molecule is Cc1[nH]n([C@@H]2CCS(=O)(=O)C2)c(=O)c1Cc1cccc(Cl)c1. The first-order valence-corrected chi connectivity index (χ1v) is 9.30. The molecule has 118 valence electrons. The maximum Gasteiger partial charge on any atom is 0.270 e. The first-order chi connectivity index (χ1) is 10.4. The zero-order chi connectivity index (χ0) is 15.9. The Morgan fingerprint density at radius 1 is 1.41 bits per heavy atom. The van der Waals surface area contributed by atoms with Crippen LogP contribution in [0.4, 0.5) is 0 Å². The van der Waals surface area contributed by atoms with E-state index in [0.29, 0.717) is 23.4 Å². The van der Waals surface area contributed by atoms with Crippen molar-refractivity contribution in [2.75, 3.05) is 11.5 Å². The van der Waals surface area contributed by atoms with Crippen LogP contribution in [0.2, 0.25) is 5.02 Å². The predicted molar refractivity (Wildman–Crippen MR) is 86.4 cm³/mol. The number of halogens is 1. The van der Waals surface area contributed by atoms with E-state index in [1.54, 1.807) is 6.07 Å². The Labute approximate surface area is 133 Å². The van der Waals surface area contributed by atoms with Crippen LogP contribution in [0.5, 0.6) is 0 Å². The summed E-state index contributed by atoms with van der Waals surface area (Å²) < 4.78 is 24.7. The number of nitrogens with zero attached hydrogens (tertiary/aromatic N) is 1. The summed E-state index contributed by atoms with van der Waals surface area (Å²) in [7, 11) is -3.03. The molecule has 1 atom stereocenters. The summed E-state index contributed by atoms with van der Waals surface area (Å²) in [6.45, 7) is 1.83. The van der Waals surface area contributed by atoms with Crippen LogP contribution in [-0.4, -0.2) is 29.7 Å². The van der Waals surface area contributed by atoms with Gasteiger partial charge in [0.15, 0.2) is 9.84 Å². The quantitative estimate of drug-likeness (QED) is 0.929. The van der Waals surface area contributed by atoms with E-state index < -0.39 is 9.84 Å². The number of hydrogen-bond acceptors (Lipinski definition) is 3. The van der Waals surface area contributed by atoms with Gasteiger partial charge in [0.1, 0.15) is 0 Å². The number of aromatic amines is 1. The average Bonchev–Trinajstić information content (AvgIpc) is 2.93. The minimum Gasteiger partial charge on any atom is -0.299 e. The number of sulfone groups is 1. The molecule has 2 heterocycles. The summed E-state index contributed by atoms with van der Waals surface area (Å²) in [5, 5.41) is 3.67. The van der Waals surface area contributed by atoms with Gasteiger partial charge in [-0.3, -0.25) is 9.89 Å². The highest BCUT2D eigenvalue weighted by atomic mass is 35.5. The fourth-order valence-corrected chi connectivity index (χ4v) is 4.81. The van der Waals surface area contributed by atoms with Crippen molar-refractivity contribution in [3.63, 3.8) is 0 Å². The largest absolute Gasteiger partial charge is 0.299 e. The number of nitrogens with one attached hydrogen (secondary N) is 1. The third-order valence-corrected chi connectivity index (χ3v) is 6.05. The van der Waals surface area contributed by atoms with Gasteiger partial charge in [-0.05, 0) is 31.0 Å². The van der Waals surface area contributed by atoms with Crippen molar-refractivity contribution in [3.05, 3.63) is 56.5 Å². The first-order valence-electron chi connectivity index (χ1n) is 7.10. The van der Waals surface area contributed by atoms with Gasteiger partial charge in [0.2, 0.25) is 0 Å². The van der Waals surface area contributed by atoms with E-state index in [-0.39, 0.29) is 23.1 Å². The summed E-state index contributed by atoms with van der Waals surface area (Å²) in [4.78, 5) is 12.6. The fraction of sp³-hybridized carbons (Fsp3) is 0.400. The molecule has 1 N–H and O–H groups in total. The van der Waals surface area contributed by atoms with Gasteiger partial charge in [-0.15, -0.1) is 0 Å². The number of aromatic nitrogens is 2. The zero-order valence-corrected chi connectivity index (χ0v) is 13.7. The van der Waals surface area contributed by atoms with Crippen molar-refractivity contribution >= 4 is 21.4 Å². The molecule has 0 aliphatic carbocycles. The lowest BCUT2D eigenvalue weighted by Crippen LogP contribution is -2.25. The van der Waals surface area contributed by atoms with Crippen LogP contribution in [0.3, 0.4) is 0 Å². The van der Waals surface area contributed by atoms with Crippen LogP contribution in [0, 0.1) is 6.92 Å². The lowest BCUT2D eigenvalue weighted by molar-refractivity contribution is 0.483. The first kappa shape index (κ1) is 15.4. The fourth-order valence-electron chi connectivity index (χ4n) is 2.90. The van der Waals surface area contributed by atoms with Crippen LogP contribution in [0.25, 0.3) is 0 Å². The second-order valence-corrected chi connectivity index (χ2v) is 8.42. The van der Waals surface area contributed by atoms with E-state index in [1.807, 2.05) is 25.1 Å². The van der Waals surface area contributed by atoms with Gasteiger partial charge >= 0.3 is 0 Å². The summed E-state index contributed by atoms with van der Waals surface area (Å²) in [6, 6.07) is 7.10. The van der Waals surface area contributed by atoms with Gasteiger partial charge in [-0.25, -0.2) is 13.1 Å². The Bertz CT molecular complexity index is 867. The third-order valence-electron chi connectivity index (χ3n) is 4.06. The van der Waals surface area contributed by atoms with Gasteiger partial charge in [0.25, 0.3) is 5.56 Å². The highest BCUT2D eigenvalue weighted by Crippen LogP contribution is 2.23. The topological polar surface area (TPSA) is 71.9 Å². The molecule has 3 rings (SSSR count). The smallest absolute Gasteiger partial charge is 0.270 e. The second-order valence-electron chi connectivity index (χ2n) is 5.75. The van der Waals surface area contributed by atoms with Crippen molar-refractivity contribution in [1.82, 2.24) is 9.78 Å². The Morgan fingerprint density at radius 2 is 2.18 bits per heavy atom. The summed E-state index contributed by atoms with van der Waals surface area (Å²) in [5.74, 6) is 0.176. The molecule has 0 radical (unpaired) electrons. The lowest BCUT2D eigenvalue weighted by atomic mass is 10.1. The number of aryl methyl sites for hydroxylation is 1. The van der Waals surface area contributed by atoms with E-state index in [0.717, 1.165) is 11.3 Å². The molecule has 5 nitrogen and oxygen atoms in total. The average molecular weight is 341 g/mol. The summed E-state index contributed by atoms with van der Waals surface area (Å²) in [5.41, 5.74) is 2.25. The predicted octanol–water partition coefficient (Wildman–Crippen LogP) is 2.09. The van der Waals surface area contributed by atoms with Crippen LogP contribution in [0.15, 0.2) is 29.1 Å². The highest BCUT2D eigenvalue weighted by Gasteiger charge is 2.31. The number of benzene rings is 1. The summed E-state index contributed by atoms with van der Waals surface area (Å²) >= 11 is 5.97. The van der Waals surface area contributed by atoms with E-state index in [2.05, 4.69) is 5.10 Å². The van der Waals surface area contributed by atoms with Crippen molar-refractivity contribution in [2.45, 2.75) is 25.8 Å². The molecular formula is C15H17ClN2O3S. The molecule has 1 aromatic carbocycles. The van der Waals surface area contributed by atoms with Crippen LogP contribution in [0.1, 0.15) is 29.3 Å². The molecule has 1 aliphatic heterocycles. The van der Waals surface area contributed by atoms with E-state index in [4.69, 9.17) is 11.6 Å². The monoisotopic (exact) mass is 340 g/mol. The molecule has 2 aromatic rings. The van der Waals surface area contributed by atoms with Crippen LogP contribution in [-0.2, 0) is 16.3 Å². The molecule has 0 saturated carbocycles. The maximum absolute atomic E-state index is 12.6. The van der Waals surface area contributed by atoms with Crippen molar-refractivity contribution in [3.8, 4) is 0 Å². The minimum atomic E-state index is -3.03. The molecule has 22 heavy (non-hydrogen) atoms. The maximum atomic E-state index is 12.6. The van der Waals surface area contributed by atoms with Crippen molar-refractivity contribution in [2.24, 2.45) is 0 Å². The van der Waals surface area contributed by atoms with E-state index >= 15 is 0 Å². The number of rotatable bonds is 3. The normalized spacial score (nSPS) is 20.4. The van der Waals surface area contributed by atoms with Gasteiger partial charge in [0.05, 0.1) is 17.5 Å². The Balaban J connectivity index is 1.92. The third kappa shape index (κ3) is 2.98. The molecule has 1 saturated heterocycles. The lowest BCUT2D eigenvalue weighted by Gasteiger charge is -2.07. The Morgan fingerprint density at radius 3 is 2.82 bits per heavy atom. The second kappa shape index (κ2) is 5.59. The molecule has 0 amide bonds. The molecule has 0 unspecified atom stereocenters. The molecule has 0 bridgehead atoms. The molecule has 1 fully saturated rings. The van der Waals surface area contributed by atoms with Gasteiger partial charge in [-0.2, -0.15) is 0 Å². The number of H-pyrrole nitrogens is 1. The molecule has 0 spiro atoms. The zero-order valence-electron chi connectivity index (χ0n) is 12.2. The molecule has 1 aliphatic rings. The van der Waals surface area contributed by atoms with Crippen molar-refractivity contribution in [1.29, 1.82) is 0 Å². The standard InChI is InChI=1S/C15H17ClN2O3S/c1-10-14(8-11-3-2-4-12(16)7-11)15(19)18(17-10)13-5-6-22(20,21)9-13/h2-4,7,13,17H,5-6,8-9H2,1H3/t13-/m1/s1. The molecular weight excluding hydrogens is 324 g/mol. The molecule has 1 aromatic heterocycles.